The van der Waals surface area contributed by atoms with Gasteiger partial charge in [0, 0.05) is 0 Å². The molecule has 2 unspecified atom stereocenters. The fourth-order valence-corrected chi connectivity index (χ4v) is 3.58. The maximum atomic E-state index is 6.57. The fourth-order valence-electron chi connectivity index (χ4n) is 2.79. The molecule has 0 radical (unpaired) electrons. The van der Waals surface area contributed by atoms with Crippen molar-refractivity contribution in [2.24, 2.45) is 5.92 Å². The van der Waals surface area contributed by atoms with Gasteiger partial charge in [-0.25, -0.2) is 0 Å². The van der Waals surface area contributed by atoms with E-state index in [1.807, 2.05) is 24.3 Å². The van der Waals surface area contributed by atoms with Gasteiger partial charge in [-0.1, -0.05) is 59.6 Å². The average Bonchev–Trinajstić information content (AvgIpc) is 2.73. The van der Waals surface area contributed by atoms with E-state index in [0.29, 0.717) is 16.0 Å². The molecule has 3 heteroatoms. The summed E-state index contributed by atoms with van der Waals surface area (Å²) in [4.78, 5) is 0. The minimum atomic E-state index is 0.0613. The molecule has 0 heterocycles. The summed E-state index contributed by atoms with van der Waals surface area (Å²) in [5, 5.41) is 1.33. The quantitative estimate of drug-likeness (QED) is 0.625. The van der Waals surface area contributed by atoms with Gasteiger partial charge < -0.3 is 0 Å². The Kier molecular flexibility index (Phi) is 3.75. The summed E-state index contributed by atoms with van der Waals surface area (Å²) in [7, 11) is 0. The van der Waals surface area contributed by atoms with Crippen LogP contribution >= 0.6 is 34.8 Å². The van der Waals surface area contributed by atoms with Crippen molar-refractivity contribution >= 4 is 34.8 Å². The van der Waals surface area contributed by atoms with E-state index in [2.05, 4.69) is 18.2 Å². The normalized spacial score (nSPS) is 21.4. The summed E-state index contributed by atoms with van der Waals surface area (Å²) in [5.41, 5.74) is 3.69. The van der Waals surface area contributed by atoms with Crippen LogP contribution in [0.15, 0.2) is 42.5 Å². The number of benzene rings is 2. The summed E-state index contributed by atoms with van der Waals surface area (Å²) in [6.45, 7) is 0. The highest BCUT2D eigenvalue weighted by Crippen LogP contribution is 2.43. The second kappa shape index (κ2) is 5.36. The van der Waals surface area contributed by atoms with Gasteiger partial charge in [0.1, 0.15) is 0 Å². The van der Waals surface area contributed by atoms with Crippen LogP contribution in [0.1, 0.15) is 22.1 Å². The minimum absolute atomic E-state index is 0.0613. The molecule has 0 aliphatic heterocycles. The molecule has 3 rings (SSSR count). The van der Waals surface area contributed by atoms with Gasteiger partial charge in [0.2, 0.25) is 0 Å². The van der Waals surface area contributed by atoms with E-state index in [1.54, 1.807) is 0 Å². The Morgan fingerprint density at radius 3 is 2.58 bits per heavy atom. The maximum Gasteiger partial charge on any atom is 0.0624 e. The Morgan fingerprint density at radius 1 is 1.00 bits per heavy atom. The van der Waals surface area contributed by atoms with Crippen LogP contribution in [-0.4, -0.2) is 0 Å². The molecule has 2 atom stereocenters. The summed E-state index contributed by atoms with van der Waals surface area (Å²) < 4.78 is 0. The van der Waals surface area contributed by atoms with Crippen molar-refractivity contribution in [3.05, 3.63) is 69.2 Å². The Labute approximate surface area is 128 Å². The van der Waals surface area contributed by atoms with E-state index in [-0.39, 0.29) is 5.38 Å². The highest BCUT2D eigenvalue weighted by Gasteiger charge is 2.31. The van der Waals surface area contributed by atoms with E-state index < -0.39 is 0 Å². The zero-order valence-electron chi connectivity index (χ0n) is 10.2. The van der Waals surface area contributed by atoms with Crippen molar-refractivity contribution in [3.8, 4) is 0 Å². The molecule has 0 nitrogen and oxygen atoms in total. The van der Waals surface area contributed by atoms with E-state index in [1.165, 1.54) is 11.1 Å². The lowest BCUT2D eigenvalue weighted by molar-refractivity contribution is 0.543. The highest BCUT2D eigenvalue weighted by atomic mass is 35.5. The van der Waals surface area contributed by atoms with Crippen LogP contribution < -0.4 is 0 Å². The average molecular weight is 312 g/mol. The van der Waals surface area contributed by atoms with Gasteiger partial charge >= 0.3 is 0 Å². The van der Waals surface area contributed by atoms with Crippen LogP contribution in [0.5, 0.6) is 0 Å². The first-order valence-corrected chi connectivity index (χ1v) is 7.51. The van der Waals surface area contributed by atoms with Gasteiger partial charge in [0.15, 0.2) is 0 Å². The molecule has 0 saturated heterocycles. The molecule has 19 heavy (non-hydrogen) atoms. The van der Waals surface area contributed by atoms with Crippen LogP contribution in [0.2, 0.25) is 10.0 Å². The number of alkyl halides is 1. The third-order valence-electron chi connectivity index (χ3n) is 3.76. The smallest absolute Gasteiger partial charge is 0.0624 e. The van der Waals surface area contributed by atoms with E-state index >= 15 is 0 Å². The molecule has 0 bridgehead atoms. The van der Waals surface area contributed by atoms with E-state index in [4.69, 9.17) is 34.8 Å². The second-order valence-corrected chi connectivity index (χ2v) is 6.24. The topological polar surface area (TPSA) is 0 Å². The van der Waals surface area contributed by atoms with Crippen LogP contribution in [0, 0.1) is 5.92 Å². The fraction of sp³-hybridized carbons (Fsp3) is 0.250. The maximum absolute atomic E-state index is 6.57. The van der Waals surface area contributed by atoms with Gasteiger partial charge in [-0.05, 0) is 41.5 Å². The third-order valence-corrected chi connectivity index (χ3v) is 5.21. The molecule has 0 saturated carbocycles. The van der Waals surface area contributed by atoms with E-state index in [9.17, 15) is 0 Å². The molecule has 2 aromatic rings. The van der Waals surface area contributed by atoms with Crippen molar-refractivity contribution in [2.45, 2.75) is 18.2 Å². The number of rotatable bonds is 2. The lowest BCUT2D eigenvalue weighted by Gasteiger charge is -2.15. The zero-order valence-corrected chi connectivity index (χ0v) is 12.5. The largest absolute Gasteiger partial charge is 0.117 e. The van der Waals surface area contributed by atoms with Gasteiger partial charge in [-0.3, -0.25) is 0 Å². The molecular weight excluding hydrogens is 299 g/mol. The van der Waals surface area contributed by atoms with Crippen LogP contribution in [-0.2, 0) is 12.8 Å². The summed E-state index contributed by atoms with van der Waals surface area (Å²) in [6, 6.07) is 14.2. The van der Waals surface area contributed by atoms with Gasteiger partial charge in [0.25, 0.3) is 0 Å². The Bertz CT molecular complexity index is 607. The van der Waals surface area contributed by atoms with Crippen molar-refractivity contribution in [1.82, 2.24) is 0 Å². The predicted octanol–water partition coefficient (Wildman–Crippen LogP) is 5.69. The first-order valence-electron chi connectivity index (χ1n) is 6.31. The molecule has 0 amide bonds. The number of hydrogen-bond acceptors (Lipinski definition) is 0. The second-order valence-electron chi connectivity index (χ2n) is 4.98. The van der Waals surface area contributed by atoms with Gasteiger partial charge in [-0.15, -0.1) is 11.6 Å². The minimum Gasteiger partial charge on any atom is -0.117 e. The molecule has 1 aliphatic carbocycles. The molecule has 0 N–H and O–H groups in total. The zero-order chi connectivity index (χ0) is 13.4. The molecular formula is C16H13Cl3. The third kappa shape index (κ3) is 2.50. The SMILES string of the molecule is Clc1cccc(CC2Cc3ccccc3C2Cl)c1Cl. The molecule has 0 fully saturated rings. The number of halogens is 3. The molecule has 98 valence electrons. The first kappa shape index (κ1) is 13.3. The Morgan fingerprint density at radius 2 is 1.79 bits per heavy atom. The standard InChI is InChI=1S/C16H13Cl3/c17-14-7-3-5-11(16(14)19)9-12-8-10-4-1-2-6-13(10)15(12)18/h1-7,12,15H,8-9H2. The Hall–Kier alpha value is -0.690. The van der Waals surface area contributed by atoms with Crippen LogP contribution in [0.25, 0.3) is 0 Å². The highest BCUT2D eigenvalue weighted by molar-refractivity contribution is 6.42. The van der Waals surface area contributed by atoms with Crippen molar-refractivity contribution < 1.29 is 0 Å². The molecule has 0 aromatic heterocycles. The predicted molar refractivity (Wildman–Crippen MR) is 82.4 cm³/mol. The van der Waals surface area contributed by atoms with Crippen LogP contribution in [0.4, 0.5) is 0 Å². The lowest BCUT2D eigenvalue weighted by atomic mass is 9.96. The number of hydrogen-bond donors (Lipinski definition) is 0. The summed E-state index contributed by atoms with van der Waals surface area (Å²) in [6.07, 6.45) is 1.87. The van der Waals surface area contributed by atoms with Crippen LogP contribution in [0.3, 0.4) is 0 Å². The molecule has 2 aromatic carbocycles. The number of fused-ring (bicyclic) bond motifs is 1. The van der Waals surface area contributed by atoms with Gasteiger partial charge in [0.05, 0.1) is 15.4 Å². The van der Waals surface area contributed by atoms with Gasteiger partial charge in [-0.2, -0.15) is 0 Å². The molecule has 0 spiro atoms. The summed E-state index contributed by atoms with van der Waals surface area (Å²) in [5.74, 6) is 0.384. The first-order chi connectivity index (χ1) is 9.16. The van der Waals surface area contributed by atoms with E-state index in [0.717, 1.165) is 18.4 Å². The van der Waals surface area contributed by atoms with Crippen molar-refractivity contribution in [3.63, 3.8) is 0 Å². The monoisotopic (exact) mass is 310 g/mol. The van der Waals surface area contributed by atoms with Crippen molar-refractivity contribution in [2.75, 3.05) is 0 Å². The van der Waals surface area contributed by atoms with Crippen molar-refractivity contribution in [1.29, 1.82) is 0 Å². The lowest BCUT2D eigenvalue weighted by Crippen LogP contribution is -2.07. The molecule has 1 aliphatic rings. The summed E-state index contributed by atoms with van der Waals surface area (Å²) >= 11 is 18.9. The Balaban J connectivity index is 1.85.